The van der Waals surface area contributed by atoms with Crippen molar-refractivity contribution in [3.63, 3.8) is 0 Å². The quantitative estimate of drug-likeness (QED) is 0.926. The second-order valence-corrected chi connectivity index (χ2v) is 6.14. The molecule has 6 heteroatoms. The Labute approximate surface area is 104 Å². The van der Waals surface area contributed by atoms with Crippen molar-refractivity contribution in [1.29, 1.82) is 0 Å². The van der Waals surface area contributed by atoms with Crippen LogP contribution in [0.25, 0.3) is 0 Å². The summed E-state index contributed by atoms with van der Waals surface area (Å²) in [4.78, 5) is 0. The molecule has 1 atom stereocenters. The van der Waals surface area contributed by atoms with Crippen molar-refractivity contribution in [1.82, 2.24) is 4.72 Å². The lowest BCUT2D eigenvalue weighted by atomic mass is 10.1. The van der Waals surface area contributed by atoms with Crippen molar-refractivity contribution >= 4 is 26.0 Å². The number of sulfonamides is 1. The van der Waals surface area contributed by atoms with Crippen LogP contribution in [0.2, 0.25) is 0 Å². The van der Waals surface area contributed by atoms with Crippen LogP contribution < -0.4 is 9.46 Å². The molecule has 0 bridgehead atoms. The zero-order valence-corrected chi connectivity index (χ0v) is 11.7. The van der Waals surface area contributed by atoms with Crippen LogP contribution in [0, 0.1) is 0 Å². The van der Waals surface area contributed by atoms with Gasteiger partial charge in [-0.1, -0.05) is 6.07 Å². The monoisotopic (exact) mass is 307 g/mol. The van der Waals surface area contributed by atoms with Crippen LogP contribution in [0.3, 0.4) is 0 Å². The molecule has 1 unspecified atom stereocenters. The number of benzene rings is 1. The molecule has 90 valence electrons. The maximum atomic E-state index is 11.1. The normalized spacial score (nSPS) is 13.5. The summed E-state index contributed by atoms with van der Waals surface area (Å²) in [5.41, 5.74) is 0.873. The van der Waals surface area contributed by atoms with E-state index in [1.807, 2.05) is 12.1 Å². The van der Waals surface area contributed by atoms with E-state index in [1.54, 1.807) is 20.1 Å². The molecule has 1 N–H and O–H groups in total. The van der Waals surface area contributed by atoms with Crippen molar-refractivity contribution in [3.8, 4) is 5.75 Å². The minimum Gasteiger partial charge on any atom is -0.496 e. The summed E-state index contributed by atoms with van der Waals surface area (Å²) in [5.74, 6) is 0.718. The molecule has 0 fully saturated rings. The molecule has 0 aliphatic carbocycles. The topological polar surface area (TPSA) is 55.4 Å². The van der Waals surface area contributed by atoms with Gasteiger partial charge in [0.2, 0.25) is 10.0 Å². The highest BCUT2D eigenvalue weighted by atomic mass is 79.9. The second-order valence-electron chi connectivity index (χ2n) is 3.51. The Morgan fingerprint density at radius 2 is 2.06 bits per heavy atom. The third-order valence-electron chi connectivity index (χ3n) is 2.07. The zero-order chi connectivity index (χ0) is 12.3. The van der Waals surface area contributed by atoms with E-state index in [0.717, 1.165) is 22.0 Å². The minimum atomic E-state index is -3.20. The molecular weight excluding hydrogens is 294 g/mol. The van der Waals surface area contributed by atoms with Crippen LogP contribution in [0.4, 0.5) is 0 Å². The fourth-order valence-electron chi connectivity index (χ4n) is 1.34. The van der Waals surface area contributed by atoms with Crippen molar-refractivity contribution in [2.75, 3.05) is 13.4 Å². The fraction of sp³-hybridized carbons (Fsp3) is 0.400. The van der Waals surface area contributed by atoms with Crippen molar-refractivity contribution in [2.45, 2.75) is 13.0 Å². The lowest BCUT2D eigenvalue weighted by Crippen LogP contribution is -2.25. The maximum Gasteiger partial charge on any atom is 0.209 e. The van der Waals surface area contributed by atoms with Gasteiger partial charge in [0, 0.05) is 6.04 Å². The molecule has 0 saturated heterocycles. The molecule has 0 radical (unpaired) electrons. The highest BCUT2D eigenvalue weighted by Crippen LogP contribution is 2.28. The van der Waals surface area contributed by atoms with E-state index in [0.29, 0.717) is 0 Å². The van der Waals surface area contributed by atoms with E-state index < -0.39 is 10.0 Å². The van der Waals surface area contributed by atoms with Gasteiger partial charge in [-0.3, -0.25) is 0 Å². The summed E-state index contributed by atoms with van der Waals surface area (Å²) in [5, 5.41) is 0. The Bertz CT molecular complexity index is 473. The van der Waals surface area contributed by atoms with Crippen molar-refractivity contribution < 1.29 is 13.2 Å². The van der Waals surface area contributed by atoms with Crippen molar-refractivity contribution in [2.24, 2.45) is 0 Å². The lowest BCUT2D eigenvalue weighted by Gasteiger charge is -2.14. The smallest absolute Gasteiger partial charge is 0.209 e. The summed E-state index contributed by atoms with van der Waals surface area (Å²) in [7, 11) is -1.62. The number of hydrogen-bond donors (Lipinski definition) is 1. The molecule has 1 aromatic rings. The molecule has 16 heavy (non-hydrogen) atoms. The molecule has 1 rings (SSSR count). The fourth-order valence-corrected chi connectivity index (χ4v) is 2.68. The highest BCUT2D eigenvalue weighted by molar-refractivity contribution is 9.10. The zero-order valence-electron chi connectivity index (χ0n) is 9.32. The Kier molecular flexibility index (Phi) is 4.35. The number of nitrogens with one attached hydrogen (secondary N) is 1. The number of halogens is 1. The van der Waals surface area contributed by atoms with Crippen molar-refractivity contribution in [3.05, 3.63) is 28.2 Å². The van der Waals surface area contributed by atoms with E-state index in [4.69, 9.17) is 4.74 Å². The van der Waals surface area contributed by atoms with Gasteiger partial charge in [-0.2, -0.15) is 0 Å². The Morgan fingerprint density at radius 3 is 2.50 bits per heavy atom. The average Bonchev–Trinajstić information content (AvgIpc) is 2.15. The second kappa shape index (κ2) is 5.16. The predicted octanol–water partition coefficient (Wildman–Crippen LogP) is 2.07. The SMILES string of the molecule is COc1ccc(C(C)NS(C)(=O)=O)cc1Br. The third kappa shape index (κ3) is 3.77. The molecule has 0 aliphatic rings. The molecule has 0 amide bonds. The molecule has 1 aromatic carbocycles. The third-order valence-corrected chi connectivity index (χ3v) is 3.47. The van der Waals surface area contributed by atoms with Crippen LogP contribution in [0.15, 0.2) is 22.7 Å². The molecule has 4 nitrogen and oxygen atoms in total. The first-order chi connectivity index (χ1) is 7.33. The van der Waals surface area contributed by atoms with Crippen LogP contribution in [0.1, 0.15) is 18.5 Å². The highest BCUT2D eigenvalue weighted by Gasteiger charge is 2.12. The van der Waals surface area contributed by atoms with Gasteiger partial charge < -0.3 is 4.74 Å². The summed E-state index contributed by atoms with van der Waals surface area (Å²) >= 11 is 3.35. The van der Waals surface area contributed by atoms with E-state index in [-0.39, 0.29) is 6.04 Å². The average molecular weight is 308 g/mol. The van der Waals surface area contributed by atoms with Gasteiger partial charge in [0.05, 0.1) is 17.8 Å². The molecule has 0 heterocycles. The van der Waals surface area contributed by atoms with Gasteiger partial charge in [-0.25, -0.2) is 13.1 Å². The number of ether oxygens (including phenoxy) is 1. The van der Waals surface area contributed by atoms with E-state index >= 15 is 0 Å². The molecule has 0 aliphatic heterocycles. The molecular formula is C10H14BrNO3S. The molecule has 0 saturated carbocycles. The van der Waals surface area contributed by atoms with E-state index in [9.17, 15) is 8.42 Å². The van der Waals surface area contributed by atoms with Gasteiger partial charge in [0.1, 0.15) is 5.75 Å². The summed E-state index contributed by atoms with van der Waals surface area (Å²) in [6.07, 6.45) is 1.14. The minimum absolute atomic E-state index is 0.266. The van der Waals surface area contributed by atoms with Gasteiger partial charge >= 0.3 is 0 Å². The maximum absolute atomic E-state index is 11.1. The van der Waals surface area contributed by atoms with Gasteiger partial charge in [0.25, 0.3) is 0 Å². The summed E-state index contributed by atoms with van der Waals surface area (Å²) in [6.45, 7) is 1.79. The van der Waals surface area contributed by atoms with Crippen LogP contribution >= 0.6 is 15.9 Å². The van der Waals surface area contributed by atoms with Crippen LogP contribution in [0.5, 0.6) is 5.75 Å². The first kappa shape index (κ1) is 13.5. The largest absolute Gasteiger partial charge is 0.496 e. The predicted molar refractivity (Wildman–Crippen MR) is 67.1 cm³/mol. The van der Waals surface area contributed by atoms with Gasteiger partial charge in [-0.15, -0.1) is 0 Å². The Balaban J connectivity index is 2.93. The standard InChI is InChI=1S/C10H14BrNO3S/c1-7(12-16(3,13)14)8-4-5-10(15-2)9(11)6-8/h4-7,12H,1-3H3. The number of hydrogen-bond acceptors (Lipinski definition) is 3. The summed E-state index contributed by atoms with van der Waals surface area (Å²) < 4.78 is 30.6. The molecule has 0 aromatic heterocycles. The number of rotatable bonds is 4. The Morgan fingerprint density at radius 1 is 1.44 bits per heavy atom. The Hall–Kier alpha value is -0.590. The lowest BCUT2D eigenvalue weighted by molar-refractivity contribution is 0.412. The summed E-state index contributed by atoms with van der Waals surface area (Å²) in [6, 6.07) is 5.19. The van der Waals surface area contributed by atoms with Crippen LogP contribution in [-0.4, -0.2) is 21.8 Å². The van der Waals surface area contributed by atoms with Gasteiger partial charge in [-0.05, 0) is 40.5 Å². The van der Waals surface area contributed by atoms with E-state index in [1.165, 1.54) is 0 Å². The molecule has 0 spiro atoms. The van der Waals surface area contributed by atoms with Crippen LogP contribution in [-0.2, 0) is 10.0 Å². The first-order valence-electron chi connectivity index (χ1n) is 4.64. The first-order valence-corrected chi connectivity index (χ1v) is 7.32. The van der Waals surface area contributed by atoms with Gasteiger partial charge in [0.15, 0.2) is 0 Å². The number of methoxy groups -OCH3 is 1. The van der Waals surface area contributed by atoms with E-state index in [2.05, 4.69) is 20.7 Å².